The zero-order valence-electron chi connectivity index (χ0n) is 10.0. The molecular weight excluding hydrogens is 239 g/mol. The fraction of sp³-hybridized carbons (Fsp3) is 0.545. The Bertz CT molecular complexity index is 494. The molecule has 7 heteroatoms. The van der Waals surface area contributed by atoms with Gasteiger partial charge in [-0.25, -0.2) is 0 Å². The molecule has 0 aromatic heterocycles. The summed E-state index contributed by atoms with van der Waals surface area (Å²) in [5, 5.41) is 45.4. The maximum absolute atomic E-state index is 9.28. The van der Waals surface area contributed by atoms with Gasteiger partial charge >= 0.3 is 0 Å². The average molecular weight is 247 g/mol. The third kappa shape index (κ3) is 2.01. The van der Waals surface area contributed by atoms with Gasteiger partial charge in [0.05, 0.1) is 18.2 Å². The normalized spacial score (nSPS) is 23.7. The van der Waals surface area contributed by atoms with Gasteiger partial charge in [-0.3, -0.25) is 0 Å². The molecule has 0 aromatic rings. The fourth-order valence-corrected chi connectivity index (χ4v) is 2.21. The maximum atomic E-state index is 9.28. The first-order valence-electron chi connectivity index (χ1n) is 5.00. The molecule has 0 spiro atoms. The van der Waals surface area contributed by atoms with Gasteiger partial charge in [0.1, 0.15) is 0 Å². The minimum absolute atomic E-state index is 0. The minimum atomic E-state index is -1.65. The van der Waals surface area contributed by atoms with Crippen LogP contribution in [0.2, 0.25) is 0 Å². The summed E-state index contributed by atoms with van der Waals surface area (Å²) >= 11 is 0. The van der Waals surface area contributed by atoms with E-state index in [-0.39, 0.29) is 42.4 Å². The SMILES string of the molecule is N#CN(C#N)C1(C#N)CCCCC1(C#N)C#N.[Na]. The molecule has 1 atom stereocenters. The van der Waals surface area contributed by atoms with Crippen LogP contribution in [0.1, 0.15) is 25.7 Å². The Hall–Kier alpha value is -1.75. The summed E-state index contributed by atoms with van der Waals surface area (Å²) in [5.41, 5.74) is -3.27. The van der Waals surface area contributed by atoms with Crippen molar-refractivity contribution in [2.75, 3.05) is 0 Å². The molecule has 0 heterocycles. The molecule has 0 aliphatic heterocycles. The van der Waals surface area contributed by atoms with Crippen molar-refractivity contribution < 1.29 is 0 Å². The van der Waals surface area contributed by atoms with Crippen molar-refractivity contribution in [2.45, 2.75) is 31.2 Å². The van der Waals surface area contributed by atoms with Gasteiger partial charge in [-0.2, -0.15) is 31.2 Å². The molecular formula is C11H8N6Na. The Balaban J connectivity index is 0.00000289. The summed E-state index contributed by atoms with van der Waals surface area (Å²) in [7, 11) is 0. The molecule has 0 bridgehead atoms. The summed E-state index contributed by atoms with van der Waals surface area (Å²) in [4.78, 5) is 0.582. The van der Waals surface area contributed by atoms with E-state index < -0.39 is 11.0 Å². The van der Waals surface area contributed by atoms with Crippen molar-refractivity contribution in [1.29, 1.82) is 26.3 Å². The quantitative estimate of drug-likeness (QED) is 0.382. The summed E-state index contributed by atoms with van der Waals surface area (Å²) in [6.07, 6.45) is 4.79. The van der Waals surface area contributed by atoms with E-state index in [9.17, 15) is 15.8 Å². The van der Waals surface area contributed by atoms with Crippen LogP contribution < -0.4 is 0 Å². The fourth-order valence-electron chi connectivity index (χ4n) is 2.21. The van der Waals surface area contributed by atoms with E-state index >= 15 is 0 Å². The standard InChI is InChI=1S/C11H8N6.Na/c12-5-10(6-13)3-1-2-4-11(10,7-14)17(8-15)9-16;/h1-4H2;. The minimum Gasteiger partial charge on any atom is -0.196 e. The number of rotatable bonds is 1. The van der Waals surface area contributed by atoms with Gasteiger partial charge in [0.2, 0.25) is 0 Å². The monoisotopic (exact) mass is 247 g/mol. The first-order chi connectivity index (χ1) is 8.16. The second-order valence-corrected chi connectivity index (χ2v) is 3.84. The Labute approximate surface area is 128 Å². The molecule has 1 unspecified atom stereocenters. The van der Waals surface area contributed by atoms with Gasteiger partial charge in [-0.1, -0.05) is 6.42 Å². The third-order valence-electron chi connectivity index (χ3n) is 3.19. The molecule has 1 aliphatic rings. The number of hydrogen-bond acceptors (Lipinski definition) is 6. The van der Waals surface area contributed by atoms with Crippen LogP contribution in [0.5, 0.6) is 0 Å². The van der Waals surface area contributed by atoms with Gasteiger partial charge < -0.3 is 0 Å². The number of hydrogen-bond donors (Lipinski definition) is 0. The molecule has 6 nitrogen and oxygen atoms in total. The molecule has 18 heavy (non-hydrogen) atoms. The van der Waals surface area contributed by atoms with Crippen molar-refractivity contribution in [3.05, 3.63) is 0 Å². The molecule has 0 N–H and O–H groups in total. The molecule has 0 aromatic carbocycles. The second kappa shape index (κ2) is 6.26. The van der Waals surface area contributed by atoms with E-state index in [0.717, 1.165) is 0 Å². The molecule has 83 valence electrons. The predicted octanol–water partition coefficient (Wildman–Crippen LogP) is 0.740. The van der Waals surface area contributed by atoms with E-state index in [1.165, 1.54) is 0 Å². The van der Waals surface area contributed by atoms with Crippen LogP contribution in [0, 0.1) is 62.3 Å². The van der Waals surface area contributed by atoms with Crippen LogP contribution >= 0.6 is 0 Å². The van der Waals surface area contributed by atoms with Crippen LogP contribution in [-0.4, -0.2) is 40.0 Å². The van der Waals surface area contributed by atoms with Crippen LogP contribution in [0.3, 0.4) is 0 Å². The summed E-state index contributed by atoms with van der Waals surface area (Å²) < 4.78 is 0. The maximum Gasteiger partial charge on any atom is 0.195 e. The molecule has 1 radical (unpaired) electrons. The van der Waals surface area contributed by atoms with Gasteiger partial charge in [0, 0.05) is 29.6 Å². The molecule has 1 rings (SSSR count). The van der Waals surface area contributed by atoms with Crippen molar-refractivity contribution in [1.82, 2.24) is 4.90 Å². The van der Waals surface area contributed by atoms with Gasteiger partial charge in [0.15, 0.2) is 23.3 Å². The van der Waals surface area contributed by atoms with Crippen molar-refractivity contribution in [3.8, 4) is 30.6 Å². The van der Waals surface area contributed by atoms with Gasteiger partial charge in [0.25, 0.3) is 0 Å². The Morgan fingerprint density at radius 1 is 0.778 bits per heavy atom. The van der Waals surface area contributed by atoms with Crippen molar-refractivity contribution in [2.24, 2.45) is 5.41 Å². The smallest absolute Gasteiger partial charge is 0.195 e. The van der Waals surface area contributed by atoms with Crippen LogP contribution in [0.25, 0.3) is 0 Å². The second-order valence-electron chi connectivity index (χ2n) is 3.84. The molecule has 1 saturated carbocycles. The van der Waals surface area contributed by atoms with E-state index in [2.05, 4.69) is 0 Å². The van der Waals surface area contributed by atoms with Gasteiger partial charge in [-0.05, 0) is 19.3 Å². The van der Waals surface area contributed by atoms with Crippen LogP contribution in [0.4, 0.5) is 0 Å². The predicted molar refractivity (Wildman–Crippen MR) is 59.3 cm³/mol. The molecule has 0 saturated heterocycles. The summed E-state index contributed by atoms with van der Waals surface area (Å²) in [6, 6.07) is 5.51. The average Bonchev–Trinajstić information content (AvgIpc) is 2.40. The first-order valence-corrected chi connectivity index (χ1v) is 5.00. The summed E-state index contributed by atoms with van der Waals surface area (Å²) in [5.74, 6) is 0. The number of nitriles is 5. The topological polar surface area (TPSA) is 122 Å². The first kappa shape index (κ1) is 16.2. The Morgan fingerprint density at radius 3 is 1.67 bits per heavy atom. The molecule has 0 amide bonds. The molecule has 1 aliphatic carbocycles. The van der Waals surface area contributed by atoms with Crippen LogP contribution in [-0.2, 0) is 0 Å². The Kier molecular flexibility index (Phi) is 5.65. The number of nitrogens with zero attached hydrogens (tertiary/aromatic N) is 6. The van der Waals surface area contributed by atoms with Crippen molar-refractivity contribution in [3.63, 3.8) is 0 Å². The largest absolute Gasteiger partial charge is 0.196 e. The van der Waals surface area contributed by atoms with Crippen LogP contribution in [0.15, 0.2) is 0 Å². The van der Waals surface area contributed by atoms with E-state index in [1.54, 1.807) is 12.4 Å². The Morgan fingerprint density at radius 2 is 1.28 bits per heavy atom. The van der Waals surface area contributed by atoms with E-state index in [1.807, 2.05) is 18.2 Å². The van der Waals surface area contributed by atoms with E-state index in [4.69, 9.17) is 10.5 Å². The van der Waals surface area contributed by atoms with Gasteiger partial charge in [-0.15, -0.1) is 0 Å². The van der Waals surface area contributed by atoms with Crippen molar-refractivity contribution >= 4 is 29.6 Å². The zero-order chi connectivity index (χ0) is 12.9. The third-order valence-corrected chi connectivity index (χ3v) is 3.19. The van der Waals surface area contributed by atoms with E-state index in [0.29, 0.717) is 17.7 Å². The molecule has 1 fully saturated rings. The zero-order valence-corrected chi connectivity index (χ0v) is 12.0. The summed E-state index contributed by atoms with van der Waals surface area (Å²) in [6.45, 7) is 0.